The highest BCUT2D eigenvalue weighted by Crippen LogP contribution is 2.22. The molecule has 0 heterocycles. The standard InChI is InChI=1S/C24H28N2O4S/c1-4-19-9-12-22(13-10-19)26(31(3,28)29)18(2)24(27)25-15-16-30-23-14-11-20-7-5-6-8-21(20)17-23/h5-14,17-18H,4,15-16H2,1-3H3,(H,25,27)/t18-/m0/s1. The normalized spacial score (nSPS) is 12.4. The van der Waals surface area contributed by atoms with E-state index in [1.54, 1.807) is 19.1 Å². The Bertz CT molecular complexity index is 1140. The molecule has 0 aliphatic heterocycles. The van der Waals surface area contributed by atoms with Crippen molar-refractivity contribution in [2.24, 2.45) is 0 Å². The van der Waals surface area contributed by atoms with E-state index in [9.17, 15) is 13.2 Å². The predicted molar refractivity (Wildman–Crippen MR) is 125 cm³/mol. The lowest BCUT2D eigenvalue weighted by Gasteiger charge is -2.28. The Morgan fingerprint density at radius 2 is 1.71 bits per heavy atom. The minimum Gasteiger partial charge on any atom is -0.492 e. The number of nitrogens with zero attached hydrogens (tertiary/aromatic N) is 1. The first kappa shape index (κ1) is 22.6. The Kier molecular flexibility index (Phi) is 7.17. The minimum absolute atomic E-state index is 0.266. The number of ether oxygens (including phenoxy) is 1. The predicted octanol–water partition coefficient (Wildman–Crippen LogP) is 3.75. The molecule has 0 saturated heterocycles. The maximum atomic E-state index is 12.6. The molecular formula is C24H28N2O4S. The van der Waals surface area contributed by atoms with Gasteiger partial charge in [0.25, 0.3) is 0 Å². The molecule has 7 heteroatoms. The number of nitrogens with one attached hydrogen (secondary N) is 1. The molecule has 3 aromatic rings. The molecule has 0 unspecified atom stereocenters. The highest BCUT2D eigenvalue weighted by Gasteiger charge is 2.28. The van der Waals surface area contributed by atoms with Crippen LogP contribution in [0.4, 0.5) is 5.69 Å². The number of hydrogen-bond acceptors (Lipinski definition) is 4. The van der Waals surface area contributed by atoms with E-state index in [-0.39, 0.29) is 19.1 Å². The highest BCUT2D eigenvalue weighted by molar-refractivity contribution is 7.92. The van der Waals surface area contributed by atoms with Gasteiger partial charge in [-0.05, 0) is 53.9 Å². The van der Waals surface area contributed by atoms with Gasteiger partial charge in [0.05, 0.1) is 18.5 Å². The summed E-state index contributed by atoms with van der Waals surface area (Å²) in [6.45, 7) is 4.15. The molecule has 31 heavy (non-hydrogen) atoms. The van der Waals surface area contributed by atoms with Crippen molar-refractivity contribution in [3.8, 4) is 5.75 Å². The van der Waals surface area contributed by atoms with Gasteiger partial charge in [-0.25, -0.2) is 8.42 Å². The van der Waals surface area contributed by atoms with Crippen LogP contribution >= 0.6 is 0 Å². The summed E-state index contributed by atoms with van der Waals surface area (Å²) in [5, 5.41) is 4.97. The number of anilines is 1. The summed E-state index contributed by atoms with van der Waals surface area (Å²) in [6.07, 6.45) is 1.96. The number of sulfonamides is 1. The van der Waals surface area contributed by atoms with Gasteiger partial charge in [0, 0.05) is 0 Å². The lowest BCUT2D eigenvalue weighted by Crippen LogP contribution is -2.48. The second-order valence-corrected chi connectivity index (χ2v) is 9.26. The lowest BCUT2D eigenvalue weighted by atomic mass is 10.1. The number of benzene rings is 3. The molecule has 1 N–H and O–H groups in total. The van der Waals surface area contributed by atoms with Gasteiger partial charge in [0.2, 0.25) is 15.9 Å². The number of aryl methyl sites for hydroxylation is 1. The van der Waals surface area contributed by atoms with Crippen molar-refractivity contribution in [1.29, 1.82) is 0 Å². The molecule has 0 spiro atoms. The van der Waals surface area contributed by atoms with E-state index < -0.39 is 16.1 Å². The zero-order valence-electron chi connectivity index (χ0n) is 18.0. The van der Waals surface area contributed by atoms with Crippen LogP contribution in [-0.4, -0.2) is 39.8 Å². The molecule has 0 radical (unpaired) electrons. The molecule has 0 aliphatic rings. The molecule has 0 saturated carbocycles. The van der Waals surface area contributed by atoms with Crippen LogP contribution in [0.3, 0.4) is 0 Å². The minimum atomic E-state index is -3.63. The van der Waals surface area contributed by atoms with Crippen LogP contribution in [0.25, 0.3) is 10.8 Å². The first-order chi connectivity index (χ1) is 14.8. The molecule has 1 amide bonds. The van der Waals surface area contributed by atoms with Gasteiger partial charge in [-0.1, -0.05) is 49.4 Å². The van der Waals surface area contributed by atoms with Crippen LogP contribution in [0.1, 0.15) is 19.4 Å². The van der Waals surface area contributed by atoms with Gasteiger partial charge < -0.3 is 10.1 Å². The molecule has 0 aliphatic carbocycles. The van der Waals surface area contributed by atoms with Crippen LogP contribution in [0.2, 0.25) is 0 Å². The Morgan fingerprint density at radius 1 is 1.03 bits per heavy atom. The molecule has 6 nitrogen and oxygen atoms in total. The van der Waals surface area contributed by atoms with Crippen LogP contribution in [0, 0.1) is 0 Å². The van der Waals surface area contributed by atoms with E-state index in [0.717, 1.165) is 39.1 Å². The zero-order chi connectivity index (χ0) is 22.4. The average molecular weight is 441 g/mol. The summed E-state index contributed by atoms with van der Waals surface area (Å²) in [6, 6.07) is 20.1. The van der Waals surface area contributed by atoms with E-state index in [4.69, 9.17) is 4.74 Å². The van der Waals surface area contributed by atoms with Crippen LogP contribution in [0.15, 0.2) is 66.7 Å². The van der Waals surface area contributed by atoms with Crippen molar-refractivity contribution in [2.45, 2.75) is 26.3 Å². The molecular weight excluding hydrogens is 412 g/mol. The van der Waals surface area contributed by atoms with E-state index in [2.05, 4.69) is 5.32 Å². The fraction of sp³-hybridized carbons (Fsp3) is 0.292. The first-order valence-corrected chi connectivity index (χ1v) is 12.1. The second kappa shape index (κ2) is 9.83. The number of hydrogen-bond donors (Lipinski definition) is 1. The summed E-state index contributed by atoms with van der Waals surface area (Å²) >= 11 is 0. The van der Waals surface area contributed by atoms with E-state index in [1.165, 1.54) is 0 Å². The summed E-state index contributed by atoms with van der Waals surface area (Å²) in [7, 11) is -3.63. The van der Waals surface area contributed by atoms with Crippen molar-refractivity contribution in [3.63, 3.8) is 0 Å². The summed E-state index contributed by atoms with van der Waals surface area (Å²) < 4.78 is 31.6. The van der Waals surface area contributed by atoms with Gasteiger partial charge in [0.15, 0.2) is 0 Å². The summed E-state index contributed by atoms with van der Waals surface area (Å²) in [5.74, 6) is 0.335. The monoisotopic (exact) mass is 440 g/mol. The third kappa shape index (κ3) is 5.76. The number of fused-ring (bicyclic) bond motifs is 1. The number of amides is 1. The zero-order valence-corrected chi connectivity index (χ0v) is 18.9. The summed E-state index contributed by atoms with van der Waals surface area (Å²) in [4.78, 5) is 12.6. The van der Waals surface area contributed by atoms with E-state index >= 15 is 0 Å². The first-order valence-electron chi connectivity index (χ1n) is 10.3. The maximum Gasteiger partial charge on any atom is 0.243 e. The molecule has 0 aromatic heterocycles. The highest BCUT2D eigenvalue weighted by atomic mass is 32.2. The molecule has 0 fully saturated rings. The number of carbonyl (C=O) groups excluding carboxylic acids is 1. The van der Waals surface area contributed by atoms with Gasteiger partial charge in [-0.3, -0.25) is 9.10 Å². The fourth-order valence-electron chi connectivity index (χ4n) is 3.44. The van der Waals surface area contributed by atoms with Crippen LogP contribution in [-0.2, 0) is 21.2 Å². The van der Waals surface area contributed by atoms with Gasteiger partial charge in [-0.2, -0.15) is 0 Å². The van der Waals surface area contributed by atoms with Gasteiger partial charge in [0.1, 0.15) is 18.4 Å². The molecule has 3 aromatic carbocycles. The van der Waals surface area contributed by atoms with Gasteiger partial charge >= 0.3 is 0 Å². The van der Waals surface area contributed by atoms with Crippen molar-refractivity contribution in [2.75, 3.05) is 23.7 Å². The van der Waals surface area contributed by atoms with Crippen molar-refractivity contribution in [1.82, 2.24) is 5.32 Å². The van der Waals surface area contributed by atoms with Crippen molar-refractivity contribution < 1.29 is 17.9 Å². The Labute approximate surface area is 183 Å². The van der Waals surface area contributed by atoms with Crippen LogP contribution < -0.4 is 14.4 Å². The third-order valence-corrected chi connectivity index (χ3v) is 6.32. The largest absolute Gasteiger partial charge is 0.492 e. The van der Waals surface area contributed by atoms with Crippen molar-refractivity contribution in [3.05, 3.63) is 72.3 Å². The Balaban J connectivity index is 1.59. The molecule has 3 rings (SSSR count). The fourth-order valence-corrected chi connectivity index (χ4v) is 4.61. The quantitative estimate of drug-likeness (QED) is 0.514. The SMILES string of the molecule is CCc1ccc(N([C@@H](C)C(=O)NCCOc2ccc3ccccc3c2)S(C)(=O)=O)cc1. The third-order valence-electron chi connectivity index (χ3n) is 5.08. The molecule has 1 atom stereocenters. The number of rotatable bonds is 9. The maximum absolute atomic E-state index is 12.6. The number of carbonyl (C=O) groups is 1. The Morgan fingerprint density at radius 3 is 2.35 bits per heavy atom. The topological polar surface area (TPSA) is 75.7 Å². The lowest BCUT2D eigenvalue weighted by molar-refractivity contribution is -0.121. The molecule has 0 bridgehead atoms. The second-order valence-electron chi connectivity index (χ2n) is 7.40. The summed E-state index contributed by atoms with van der Waals surface area (Å²) in [5.41, 5.74) is 1.56. The smallest absolute Gasteiger partial charge is 0.243 e. The van der Waals surface area contributed by atoms with E-state index in [0.29, 0.717) is 5.69 Å². The van der Waals surface area contributed by atoms with E-state index in [1.807, 2.05) is 61.5 Å². The van der Waals surface area contributed by atoms with Crippen LogP contribution in [0.5, 0.6) is 5.75 Å². The average Bonchev–Trinajstić information content (AvgIpc) is 2.76. The van der Waals surface area contributed by atoms with Crippen molar-refractivity contribution >= 4 is 32.4 Å². The molecule has 164 valence electrons. The Hall–Kier alpha value is -3.06. The van der Waals surface area contributed by atoms with Gasteiger partial charge in [-0.15, -0.1) is 0 Å².